The van der Waals surface area contributed by atoms with Gasteiger partial charge in [-0.15, -0.1) is 0 Å². The Balaban J connectivity index is 2.02. The summed E-state index contributed by atoms with van der Waals surface area (Å²) in [6.45, 7) is 2.31. The standard InChI is InChI=1S/C10H14FN3O/c1-7-8(11)9(14-6-13-7)12-4-10(5-15)2-3-10/h6,15H,2-5H2,1H3,(H,12,13,14). The molecule has 2 rings (SSSR count). The van der Waals surface area contributed by atoms with Gasteiger partial charge in [0.25, 0.3) is 0 Å². The van der Waals surface area contributed by atoms with E-state index in [4.69, 9.17) is 5.11 Å². The van der Waals surface area contributed by atoms with Gasteiger partial charge in [-0.25, -0.2) is 14.4 Å². The summed E-state index contributed by atoms with van der Waals surface area (Å²) in [5.74, 6) is -0.187. The molecule has 0 saturated heterocycles. The lowest BCUT2D eigenvalue weighted by molar-refractivity contribution is 0.219. The molecule has 5 heteroatoms. The minimum atomic E-state index is -0.411. The first kappa shape index (κ1) is 10.3. The average molecular weight is 211 g/mol. The first-order chi connectivity index (χ1) is 7.17. The van der Waals surface area contributed by atoms with Gasteiger partial charge in [0.15, 0.2) is 11.6 Å². The zero-order valence-corrected chi connectivity index (χ0v) is 8.63. The summed E-state index contributed by atoms with van der Waals surface area (Å²) < 4.78 is 13.5. The van der Waals surface area contributed by atoms with Gasteiger partial charge in [-0.1, -0.05) is 0 Å². The molecule has 0 aromatic carbocycles. The lowest BCUT2D eigenvalue weighted by Gasteiger charge is -2.13. The molecule has 4 nitrogen and oxygen atoms in total. The Hall–Kier alpha value is -1.23. The van der Waals surface area contributed by atoms with Crippen LogP contribution in [0.15, 0.2) is 6.33 Å². The Morgan fingerprint density at radius 3 is 2.87 bits per heavy atom. The largest absolute Gasteiger partial charge is 0.396 e. The molecule has 1 aliphatic carbocycles. The van der Waals surface area contributed by atoms with Crippen molar-refractivity contribution in [2.75, 3.05) is 18.5 Å². The zero-order valence-electron chi connectivity index (χ0n) is 8.63. The number of nitrogens with zero attached hydrogens (tertiary/aromatic N) is 2. The van der Waals surface area contributed by atoms with E-state index in [2.05, 4.69) is 15.3 Å². The minimum absolute atomic E-state index is 0.0503. The molecule has 1 aliphatic rings. The van der Waals surface area contributed by atoms with Crippen molar-refractivity contribution in [3.63, 3.8) is 0 Å². The van der Waals surface area contributed by atoms with Crippen molar-refractivity contribution >= 4 is 5.82 Å². The summed E-state index contributed by atoms with van der Waals surface area (Å²) in [6, 6.07) is 0. The van der Waals surface area contributed by atoms with Gasteiger partial charge in [-0.3, -0.25) is 0 Å². The van der Waals surface area contributed by atoms with Crippen molar-refractivity contribution in [2.24, 2.45) is 5.41 Å². The first-order valence-corrected chi connectivity index (χ1v) is 4.99. The number of halogens is 1. The smallest absolute Gasteiger partial charge is 0.186 e. The van der Waals surface area contributed by atoms with Crippen LogP contribution in [0.3, 0.4) is 0 Å². The maximum absolute atomic E-state index is 13.5. The number of anilines is 1. The van der Waals surface area contributed by atoms with E-state index in [0.717, 1.165) is 12.8 Å². The Kier molecular flexibility index (Phi) is 2.56. The van der Waals surface area contributed by atoms with E-state index in [1.807, 2.05) is 0 Å². The fourth-order valence-electron chi connectivity index (χ4n) is 1.42. The van der Waals surface area contributed by atoms with Crippen molar-refractivity contribution in [1.82, 2.24) is 9.97 Å². The molecule has 0 unspecified atom stereocenters. The normalized spacial score (nSPS) is 17.5. The lowest BCUT2D eigenvalue weighted by Crippen LogP contribution is -2.20. The van der Waals surface area contributed by atoms with Crippen LogP contribution in [-0.4, -0.2) is 28.2 Å². The Bertz CT molecular complexity index is 366. The highest BCUT2D eigenvalue weighted by atomic mass is 19.1. The van der Waals surface area contributed by atoms with Crippen LogP contribution in [0, 0.1) is 18.2 Å². The number of rotatable bonds is 4. The molecule has 0 aliphatic heterocycles. The van der Waals surface area contributed by atoms with Crippen LogP contribution in [0.5, 0.6) is 0 Å². The molecule has 1 saturated carbocycles. The molecular weight excluding hydrogens is 197 g/mol. The molecule has 2 N–H and O–H groups in total. The maximum atomic E-state index is 13.5. The second kappa shape index (κ2) is 3.73. The molecule has 1 heterocycles. The van der Waals surface area contributed by atoms with Crippen LogP contribution < -0.4 is 5.32 Å². The second-order valence-electron chi connectivity index (χ2n) is 4.13. The van der Waals surface area contributed by atoms with Gasteiger partial charge in [0.2, 0.25) is 0 Å². The fourth-order valence-corrected chi connectivity index (χ4v) is 1.42. The van der Waals surface area contributed by atoms with E-state index >= 15 is 0 Å². The summed E-state index contributed by atoms with van der Waals surface area (Å²) >= 11 is 0. The number of aliphatic hydroxyl groups is 1. The van der Waals surface area contributed by atoms with Gasteiger partial charge in [0, 0.05) is 12.0 Å². The molecule has 0 spiro atoms. The van der Waals surface area contributed by atoms with Crippen LogP contribution in [0.1, 0.15) is 18.5 Å². The SMILES string of the molecule is Cc1ncnc(NCC2(CO)CC2)c1F. The van der Waals surface area contributed by atoms with Crippen molar-refractivity contribution < 1.29 is 9.50 Å². The molecule has 1 aromatic heterocycles. The van der Waals surface area contributed by atoms with Crippen LogP contribution in [0.25, 0.3) is 0 Å². The number of aromatic nitrogens is 2. The summed E-state index contributed by atoms with van der Waals surface area (Å²) in [7, 11) is 0. The van der Waals surface area contributed by atoms with Crippen LogP contribution in [-0.2, 0) is 0 Å². The molecule has 0 atom stereocenters. The number of aryl methyl sites for hydroxylation is 1. The molecule has 0 bridgehead atoms. The van der Waals surface area contributed by atoms with Gasteiger partial charge in [0.05, 0.1) is 12.3 Å². The lowest BCUT2D eigenvalue weighted by atomic mass is 10.1. The van der Waals surface area contributed by atoms with Crippen LogP contribution >= 0.6 is 0 Å². The predicted octanol–water partition coefficient (Wildman–Crippen LogP) is 1.11. The quantitative estimate of drug-likeness (QED) is 0.783. The summed E-state index contributed by atoms with van der Waals surface area (Å²) in [5.41, 5.74) is 0.284. The van der Waals surface area contributed by atoms with Gasteiger partial charge in [-0.2, -0.15) is 0 Å². The van der Waals surface area contributed by atoms with Crippen molar-refractivity contribution in [1.29, 1.82) is 0 Å². The Morgan fingerprint density at radius 2 is 2.27 bits per heavy atom. The zero-order chi connectivity index (χ0) is 10.9. The summed E-state index contributed by atoms with van der Waals surface area (Å²) in [5, 5.41) is 12.0. The van der Waals surface area contributed by atoms with E-state index in [0.29, 0.717) is 12.2 Å². The Morgan fingerprint density at radius 1 is 1.53 bits per heavy atom. The number of nitrogens with one attached hydrogen (secondary N) is 1. The first-order valence-electron chi connectivity index (χ1n) is 4.99. The van der Waals surface area contributed by atoms with E-state index in [1.165, 1.54) is 6.33 Å². The molecule has 0 amide bonds. The minimum Gasteiger partial charge on any atom is -0.396 e. The second-order valence-corrected chi connectivity index (χ2v) is 4.13. The van der Waals surface area contributed by atoms with Gasteiger partial charge in [0.1, 0.15) is 6.33 Å². The van der Waals surface area contributed by atoms with Crippen molar-refractivity contribution in [3.8, 4) is 0 Å². The number of hydrogen-bond donors (Lipinski definition) is 2. The summed E-state index contributed by atoms with van der Waals surface area (Å²) in [4.78, 5) is 7.57. The third kappa shape index (κ3) is 2.07. The third-order valence-corrected chi connectivity index (χ3v) is 2.89. The van der Waals surface area contributed by atoms with E-state index in [1.54, 1.807) is 6.92 Å². The highest BCUT2D eigenvalue weighted by molar-refractivity contribution is 5.37. The van der Waals surface area contributed by atoms with Crippen LogP contribution in [0.4, 0.5) is 10.2 Å². The highest BCUT2D eigenvalue weighted by Gasteiger charge is 2.41. The van der Waals surface area contributed by atoms with Crippen molar-refractivity contribution in [2.45, 2.75) is 19.8 Å². The topological polar surface area (TPSA) is 58.0 Å². The van der Waals surface area contributed by atoms with Gasteiger partial charge < -0.3 is 10.4 Å². The van der Waals surface area contributed by atoms with Crippen molar-refractivity contribution in [3.05, 3.63) is 17.8 Å². The van der Waals surface area contributed by atoms with Gasteiger partial charge >= 0.3 is 0 Å². The van der Waals surface area contributed by atoms with E-state index in [-0.39, 0.29) is 17.8 Å². The van der Waals surface area contributed by atoms with E-state index in [9.17, 15) is 4.39 Å². The molecule has 15 heavy (non-hydrogen) atoms. The molecule has 1 aromatic rings. The van der Waals surface area contributed by atoms with Crippen LogP contribution in [0.2, 0.25) is 0 Å². The number of hydrogen-bond acceptors (Lipinski definition) is 4. The third-order valence-electron chi connectivity index (χ3n) is 2.89. The molecule has 1 fully saturated rings. The fraction of sp³-hybridized carbons (Fsp3) is 0.600. The Labute approximate surface area is 87.6 Å². The molecular formula is C10H14FN3O. The molecule has 0 radical (unpaired) electrons. The molecule has 82 valence electrons. The maximum Gasteiger partial charge on any atom is 0.186 e. The average Bonchev–Trinajstić information content (AvgIpc) is 3.01. The number of aliphatic hydroxyl groups excluding tert-OH is 1. The van der Waals surface area contributed by atoms with E-state index < -0.39 is 5.82 Å². The predicted molar refractivity (Wildman–Crippen MR) is 54.0 cm³/mol. The summed E-state index contributed by atoms with van der Waals surface area (Å²) in [6.07, 6.45) is 3.31. The highest BCUT2D eigenvalue weighted by Crippen LogP contribution is 2.44. The monoisotopic (exact) mass is 211 g/mol. The van der Waals surface area contributed by atoms with Gasteiger partial charge in [-0.05, 0) is 19.8 Å².